The van der Waals surface area contributed by atoms with Crippen LogP contribution in [-0.2, 0) is 16.0 Å². The number of nitrogens with one attached hydrogen (secondary N) is 1. The van der Waals surface area contributed by atoms with Crippen LogP contribution in [0.4, 0.5) is 0 Å². The van der Waals surface area contributed by atoms with Gasteiger partial charge in [-0.05, 0) is 13.0 Å². The van der Waals surface area contributed by atoms with Gasteiger partial charge in [0.05, 0.1) is 17.0 Å². The molecule has 1 aliphatic rings. The van der Waals surface area contributed by atoms with Gasteiger partial charge in [-0.2, -0.15) is 0 Å². The van der Waals surface area contributed by atoms with Crippen molar-refractivity contribution in [3.05, 3.63) is 28.2 Å². The SMILES string of the molecule is CC(C)(C)c1cnc(CSc2csc(C3CNCCC3C(N)=O)n2)o1. The predicted octanol–water partition coefficient (Wildman–Crippen LogP) is 2.90. The van der Waals surface area contributed by atoms with E-state index in [1.807, 2.05) is 5.38 Å². The van der Waals surface area contributed by atoms with E-state index in [1.165, 1.54) is 0 Å². The first-order chi connectivity index (χ1) is 11.8. The molecule has 2 atom stereocenters. The molecule has 3 heterocycles. The summed E-state index contributed by atoms with van der Waals surface area (Å²) in [6.07, 6.45) is 2.57. The third-order valence-electron chi connectivity index (χ3n) is 4.30. The molecule has 0 spiro atoms. The predicted molar refractivity (Wildman–Crippen MR) is 99.8 cm³/mol. The van der Waals surface area contributed by atoms with Crippen molar-refractivity contribution in [2.75, 3.05) is 13.1 Å². The van der Waals surface area contributed by atoms with Crippen molar-refractivity contribution in [3.63, 3.8) is 0 Å². The van der Waals surface area contributed by atoms with Crippen molar-refractivity contribution < 1.29 is 9.21 Å². The average Bonchev–Trinajstić information content (AvgIpc) is 3.22. The number of nitrogens with zero attached hydrogens (tertiary/aromatic N) is 2. The molecule has 2 aromatic rings. The Hall–Kier alpha value is -1.38. The Morgan fingerprint density at radius 2 is 2.32 bits per heavy atom. The summed E-state index contributed by atoms with van der Waals surface area (Å²) >= 11 is 3.19. The zero-order valence-electron chi connectivity index (χ0n) is 14.7. The van der Waals surface area contributed by atoms with E-state index >= 15 is 0 Å². The van der Waals surface area contributed by atoms with E-state index in [1.54, 1.807) is 29.3 Å². The second kappa shape index (κ2) is 7.47. The maximum Gasteiger partial charge on any atom is 0.221 e. The van der Waals surface area contributed by atoms with Gasteiger partial charge in [-0.15, -0.1) is 11.3 Å². The third-order valence-corrected chi connectivity index (χ3v) is 6.32. The Morgan fingerprint density at radius 1 is 1.52 bits per heavy atom. The molecule has 2 aromatic heterocycles. The zero-order chi connectivity index (χ0) is 18.0. The van der Waals surface area contributed by atoms with Crippen LogP contribution >= 0.6 is 23.1 Å². The Balaban J connectivity index is 1.63. The van der Waals surface area contributed by atoms with E-state index in [2.05, 4.69) is 31.1 Å². The lowest BCUT2D eigenvalue weighted by Crippen LogP contribution is -2.41. The Labute approximate surface area is 156 Å². The van der Waals surface area contributed by atoms with Gasteiger partial charge in [-0.3, -0.25) is 4.79 Å². The van der Waals surface area contributed by atoms with Gasteiger partial charge in [-0.25, -0.2) is 9.97 Å². The second-order valence-electron chi connectivity index (χ2n) is 7.29. The smallest absolute Gasteiger partial charge is 0.221 e. The summed E-state index contributed by atoms with van der Waals surface area (Å²) in [6, 6.07) is 0. The van der Waals surface area contributed by atoms with Gasteiger partial charge in [0.25, 0.3) is 0 Å². The quantitative estimate of drug-likeness (QED) is 0.775. The summed E-state index contributed by atoms with van der Waals surface area (Å²) in [5.74, 6) is 1.94. The van der Waals surface area contributed by atoms with Crippen molar-refractivity contribution in [1.29, 1.82) is 0 Å². The monoisotopic (exact) mass is 380 g/mol. The number of thioether (sulfide) groups is 1. The number of carbonyl (C=O) groups excluding carboxylic acids is 1. The molecule has 3 N–H and O–H groups in total. The number of hydrogen-bond acceptors (Lipinski definition) is 7. The molecular weight excluding hydrogens is 356 g/mol. The Kier molecular flexibility index (Phi) is 5.50. The number of rotatable bonds is 5. The molecule has 1 aliphatic heterocycles. The second-order valence-corrected chi connectivity index (χ2v) is 9.17. The fourth-order valence-electron chi connectivity index (χ4n) is 2.83. The zero-order valence-corrected chi connectivity index (χ0v) is 16.4. The number of carbonyl (C=O) groups is 1. The number of oxazole rings is 1. The van der Waals surface area contributed by atoms with Crippen LogP contribution in [0.3, 0.4) is 0 Å². The van der Waals surface area contributed by atoms with Crippen LogP contribution < -0.4 is 11.1 Å². The van der Waals surface area contributed by atoms with E-state index < -0.39 is 0 Å². The van der Waals surface area contributed by atoms with Crippen LogP contribution in [0.5, 0.6) is 0 Å². The molecule has 0 bridgehead atoms. The molecule has 6 nitrogen and oxygen atoms in total. The number of primary amides is 1. The van der Waals surface area contributed by atoms with Crippen molar-refractivity contribution in [1.82, 2.24) is 15.3 Å². The molecule has 136 valence electrons. The molecule has 1 fully saturated rings. The highest BCUT2D eigenvalue weighted by Gasteiger charge is 2.32. The minimum Gasteiger partial charge on any atom is -0.444 e. The summed E-state index contributed by atoms with van der Waals surface area (Å²) in [4.78, 5) is 20.7. The maximum absolute atomic E-state index is 11.7. The summed E-state index contributed by atoms with van der Waals surface area (Å²) in [5, 5.41) is 7.27. The van der Waals surface area contributed by atoms with Crippen LogP contribution in [0.25, 0.3) is 0 Å². The Morgan fingerprint density at radius 3 is 3.00 bits per heavy atom. The molecule has 8 heteroatoms. The number of aromatic nitrogens is 2. The van der Waals surface area contributed by atoms with Gasteiger partial charge in [0.1, 0.15) is 10.8 Å². The van der Waals surface area contributed by atoms with Crippen molar-refractivity contribution in [2.24, 2.45) is 11.7 Å². The normalized spacial score (nSPS) is 21.4. The van der Waals surface area contributed by atoms with Crippen molar-refractivity contribution in [2.45, 2.75) is 49.3 Å². The third kappa shape index (κ3) is 4.43. The lowest BCUT2D eigenvalue weighted by Gasteiger charge is -2.28. The van der Waals surface area contributed by atoms with E-state index in [0.717, 1.165) is 35.3 Å². The number of hydrogen-bond donors (Lipinski definition) is 2. The first kappa shape index (κ1) is 18.4. The van der Waals surface area contributed by atoms with Gasteiger partial charge in [0.15, 0.2) is 0 Å². The lowest BCUT2D eigenvalue weighted by atomic mass is 9.86. The summed E-state index contributed by atoms with van der Waals surface area (Å²) in [6.45, 7) is 7.89. The molecule has 0 aliphatic carbocycles. The Bertz CT molecular complexity index is 735. The molecule has 1 amide bonds. The number of thiazole rings is 1. The standard InChI is InChI=1S/C17H24N4O2S2/c1-17(2,3)12-7-20-13(23-12)8-24-14-9-25-16(21-14)11-6-19-5-4-10(11)15(18)22/h7,9-11,19H,4-6,8H2,1-3H3,(H2,18,22). The fourth-order valence-corrected chi connectivity index (χ4v) is 4.72. The molecule has 3 rings (SSSR count). The van der Waals surface area contributed by atoms with Crippen molar-refractivity contribution in [3.8, 4) is 0 Å². The highest BCUT2D eigenvalue weighted by atomic mass is 32.2. The largest absolute Gasteiger partial charge is 0.444 e. The molecule has 25 heavy (non-hydrogen) atoms. The summed E-state index contributed by atoms with van der Waals surface area (Å²) in [7, 11) is 0. The molecule has 2 unspecified atom stereocenters. The highest BCUT2D eigenvalue weighted by Crippen LogP contribution is 2.34. The van der Waals surface area contributed by atoms with Gasteiger partial charge >= 0.3 is 0 Å². The van der Waals surface area contributed by atoms with E-state index in [0.29, 0.717) is 11.6 Å². The van der Waals surface area contributed by atoms with Gasteiger partial charge in [0.2, 0.25) is 11.8 Å². The molecule has 0 radical (unpaired) electrons. The summed E-state index contributed by atoms with van der Waals surface area (Å²) in [5.41, 5.74) is 5.52. The number of piperidine rings is 1. The van der Waals surface area contributed by atoms with Crippen LogP contribution in [0.1, 0.15) is 49.8 Å². The summed E-state index contributed by atoms with van der Waals surface area (Å²) < 4.78 is 5.81. The molecule has 0 saturated carbocycles. The first-order valence-corrected chi connectivity index (χ1v) is 10.2. The average molecular weight is 381 g/mol. The lowest BCUT2D eigenvalue weighted by molar-refractivity contribution is -0.123. The van der Waals surface area contributed by atoms with Crippen LogP contribution in [0, 0.1) is 5.92 Å². The van der Waals surface area contributed by atoms with E-state index in [-0.39, 0.29) is 23.2 Å². The molecular formula is C17H24N4O2S2. The molecule has 1 saturated heterocycles. The van der Waals surface area contributed by atoms with E-state index in [9.17, 15) is 4.79 Å². The van der Waals surface area contributed by atoms with Crippen molar-refractivity contribution >= 4 is 29.0 Å². The van der Waals surface area contributed by atoms with Crippen LogP contribution in [-0.4, -0.2) is 29.0 Å². The van der Waals surface area contributed by atoms with E-state index in [4.69, 9.17) is 15.1 Å². The first-order valence-electron chi connectivity index (χ1n) is 8.38. The van der Waals surface area contributed by atoms with Crippen LogP contribution in [0.15, 0.2) is 21.0 Å². The fraction of sp³-hybridized carbons (Fsp3) is 0.588. The van der Waals surface area contributed by atoms with Gasteiger partial charge < -0.3 is 15.5 Å². The minimum absolute atomic E-state index is 0.0402. The van der Waals surface area contributed by atoms with Gasteiger partial charge in [-0.1, -0.05) is 32.5 Å². The maximum atomic E-state index is 11.7. The van der Waals surface area contributed by atoms with Gasteiger partial charge in [0, 0.05) is 29.2 Å². The highest BCUT2D eigenvalue weighted by molar-refractivity contribution is 7.98. The van der Waals surface area contributed by atoms with Crippen LogP contribution in [0.2, 0.25) is 0 Å². The molecule has 0 aromatic carbocycles. The number of nitrogens with two attached hydrogens (primary N) is 1. The minimum atomic E-state index is -0.231. The number of amides is 1. The topological polar surface area (TPSA) is 94.0 Å².